The largest absolute Gasteiger partial charge is 0.508 e. The SMILES string of the molecule is O=C(O)c1nc(-c2cccc(O)c2)cs1. The third kappa shape index (κ3) is 1.97. The average Bonchev–Trinajstić information content (AvgIpc) is 2.66. The van der Waals surface area contributed by atoms with E-state index in [0.717, 1.165) is 11.3 Å². The molecule has 76 valence electrons. The monoisotopic (exact) mass is 221 g/mol. The molecular formula is C10H7NO3S. The molecule has 1 heterocycles. The van der Waals surface area contributed by atoms with E-state index in [0.29, 0.717) is 11.3 Å². The van der Waals surface area contributed by atoms with E-state index in [-0.39, 0.29) is 10.8 Å². The number of aromatic carboxylic acids is 1. The Morgan fingerprint density at radius 1 is 1.40 bits per heavy atom. The van der Waals surface area contributed by atoms with Crippen molar-refractivity contribution >= 4 is 17.3 Å². The van der Waals surface area contributed by atoms with Gasteiger partial charge in [-0.3, -0.25) is 0 Å². The number of carboxylic acid groups (broad SMARTS) is 1. The van der Waals surface area contributed by atoms with Crippen molar-refractivity contribution in [1.29, 1.82) is 0 Å². The standard InChI is InChI=1S/C10H7NO3S/c12-7-3-1-2-6(4-7)8-5-15-9(11-8)10(13)14/h1-5,12H,(H,13,14). The Bertz CT molecular complexity index is 507. The summed E-state index contributed by atoms with van der Waals surface area (Å²) < 4.78 is 0. The number of carbonyl (C=O) groups is 1. The molecule has 0 spiro atoms. The van der Waals surface area contributed by atoms with E-state index < -0.39 is 5.97 Å². The summed E-state index contributed by atoms with van der Waals surface area (Å²) in [5.41, 5.74) is 1.27. The van der Waals surface area contributed by atoms with Crippen LogP contribution in [-0.2, 0) is 0 Å². The molecule has 1 aromatic heterocycles. The number of phenolic OH excluding ortho intramolecular Hbond substituents is 1. The van der Waals surface area contributed by atoms with Crippen LogP contribution >= 0.6 is 11.3 Å². The minimum absolute atomic E-state index is 0.0494. The van der Waals surface area contributed by atoms with Crippen molar-refractivity contribution in [3.05, 3.63) is 34.7 Å². The van der Waals surface area contributed by atoms with E-state index in [1.165, 1.54) is 0 Å². The predicted molar refractivity (Wildman–Crippen MR) is 56.2 cm³/mol. The molecule has 5 heteroatoms. The van der Waals surface area contributed by atoms with Gasteiger partial charge >= 0.3 is 5.97 Å². The van der Waals surface area contributed by atoms with Gasteiger partial charge in [-0.25, -0.2) is 9.78 Å². The minimum atomic E-state index is -1.04. The number of nitrogens with zero attached hydrogens (tertiary/aromatic N) is 1. The molecule has 0 aliphatic rings. The second-order valence-corrected chi connectivity index (χ2v) is 3.75. The molecule has 2 aromatic rings. The van der Waals surface area contributed by atoms with Gasteiger partial charge in [-0.15, -0.1) is 11.3 Å². The van der Waals surface area contributed by atoms with Gasteiger partial charge in [0.05, 0.1) is 5.69 Å². The van der Waals surface area contributed by atoms with Gasteiger partial charge in [0.1, 0.15) is 5.75 Å². The van der Waals surface area contributed by atoms with Crippen LogP contribution in [0.15, 0.2) is 29.6 Å². The zero-order chi connectivity index (χ0) is 10.8. The first kappa shape index (κ1) is 9.67. The second kappa shape index (κ2) is 3.70. The number of thiazole rings is 1. The summed E-state index contributed by atoms with van der Waals surface area (Å²) in [7, 11) is 0. The molecule has 0 fully saturated rings. The van der Waals surface area contributed by atoms with Gasteiger partial charge < -0.3 is 10.2 Å². The fourth-order valence-electron chi connectivity index (χ4n) is 1.17. The normalized spacial score (nSPS) is 10.1. The molecule has 1 aromatic carbocycles. The quantitative estimate of drug-likeness (QED) is 0.815. The minimum Gasteiger partial charge on any atom is -0.508 e. The maximum atomic E-state index is 10.6. The lowest BCUT2D eigenvalue weighted by molar-refractivity contribution is 0.0696. The molecule has 2 N–H and O–H groups in total. The summed E-state index contributed by atoms with van der Waals surface area (Å²) in [6.45, 7) is 0. The molecule has 0 radical (unpaired) electrons. The highest BCUT2D eigenvalue weighted by Crippen LogP contribution is 2.24. The van der Waals surface area contributed by atoms with E-state index in [1.807, 2.05) is 0 Å². The molecule has 0 aliphatic carbocycles. The Morgan fingerprint density at radius 3 is 2.80 bits per heavy atom. The highest BCUT2D eigenvalue weighted by molar-refractivity contribution is 7.11. The highest BCUT2D eigenvalue weighted by Gasteiger charge is 2.10. The Morgan fingerprint density at radius 2 is 2.20 bits per heavy atom. The number of hydrogen-bond donors (Lipinski definition) is 2. The molecular weight excluding hydrogens is 214 g/mol. The van der Waals surface area contributed by atoms with Gasteiger partial charge in [-0.1, -0.05) is 12.1 Å². The Kier molecular flexibility index (Phi) is 2.39. The zero-order valence-electron chi connectivity index (χ0n) is 7.54. The molecule has 0 unspecified atom stereocenters. The van der Waals surface area contributed by atoms with E-state index in [2.05, 4.69) is 4.98 Å². The smallest absolute Gasteiger partial charge is 0.365 e. The highest BCUT2D eigenvalue weighted by atomic mass is 32.1. The molecule has 15 heavy (non-hydrogen) atoms. The van der Waals surface area contributed by atoms with Crippen molar-refractivity contribution < 1.29 is 15.0 Å². The van der Waals surface area contributed by atoms with Crippen LogP contribution < -0.4 is 0 Å². The van der Waals surface area contributed by atoms with Gasteiger partial charge in [0, 0.05) is 10.9 Å². The third-order valence-corrected chi connectivity index (χ3v) is 2.66. The number of aromatic hydroxyl groups is 1. The third-order valence-electron chi connectivity index (χ3n) is 1.83. The van der Waals surface area contributed by atoms with Crippen molar-refractivity contribution in [2.45, 2.75) is 0 Å². The van der Waals surface area contributed by atoms with Crippen LogP contribution in [0.4, 0.5) is 0 Å². The Hall–Kier alpha value is -1.88. The number of hydrogen-bond acceptors (Lipinski definition) is 4. The lowest BCUT2D eigenvalue weighted by Crippen LogP contribution is -1.94. The molecule has 0 aliphatic heterocycles. The number of phenols is 1. The summed E-state index contributed by atoms with van der Waals surface area (Å²) >= 11 is 1.07. The molecule has 0 saturated carbocycles. The fraction of sp³-hybridized carbons (Fsp3) is 0. The van der Waals surface area contributed by atoms with Crippen LogP contribution in [0.2, 0.25) is 0 Å². The van der Waals surface area contributed by atoms with Crippen molar-refractivity contribution in [3.63, 3.8) is 0 Å². The van der Waals surface area contributed by atoms with E-state index in [4.69, 9.17) is 5.11 Å². The van der Waals surface area contributed by atoms with Gasteiger partial charge in [0.25, 0.3) is 0 Å². The summed E-state index contributed by atoms with van der Waals surface area (Å²) in [5, 5.41) is 19.6. The van der Waals surface area contributed by atoms with E-state index in [1.54, 1.807) is 29.6 Å². The lowest BCUT2D eigenvalue weighted by Gasteiger charge is -1.96. The molecule has 0 amide bonds. The van der Waals surface area contributed by atoms with Crippen LogP contribution in [-0.4, -0.2) is 21.2 Å². The molecule has 0 bridgehead atoms. The first-order valence-electron chi connectivity index (χ1n) is 4.15. The van der Waals surface area contributed by atoms with Gasteiger partial charge in [-0.2, -0.15) is 0 Å². The van der Waals surface area contributed by atoms with Gasteiger partial charge in [0.2, 0.25) is 5.01 Å². The Labute approximate surface area is 89.5 Å². The number of carboxylic acids is 1. The van der Waals surface area contributed by atoms with Gasteiger partial charge in [-0.05, 0) is 12.1 Å². The van der Waals surface area contributed by atoms with Gasteiger partial charge in [0.15, 0.2) is 0 Å². The van der Waals surface area contributed by atoms with Crippen molar-refractivity contribution in [2.24, 2.45) is 0 Å². The van der Waals surface area contributed by atoms with Crippen molar-refractivity contribution in [2.75, 3.05) is 0 Å². The summed E-state index contributed by atoms with van der Waals surface area (Å²) in [5.74, 6) is -0.899. The van der Waals surface area contributed by atoms with Crippen molar-refractivity contribution in [1.82, 2.24) is 4.98 Å². The number of benzene rings is 1. The average molecular weight is 221 g/mol. The second-order valence-electron chi connectivity index (χ2n) is 2.89. The summed E-state index contributed by atoms with van der Waals surface area (Å²) in [6.07, 6.45) is 0. The van der Waals surface area contributed by atoms with Crippen molar-refractivity contribution in [3.8, 4) is 17.0 Å². The zero-order valence-corrected chi connectivity index (χ0v) is 8.36. The van der Waals surface area contributed by atoms with Crippen LogP contribution in [0.3, 0.4) is 0 Å². The lowest BCUT2D eigenvalue weighted by atomic mass is 10.2. The summed E-state index contributed by atoms with van der Waals surface area (Å²) in [6, 6.07) is 6.54. The molecule has 0 saturated heterocycles. The first-order valence-corrected chi connectivity index (χ1v) is 5.03. The maximum Gasteiger partial charge on any atom is 0.365 e. The number of rotatable bonds is 2. The van der Waals surface area contributed by atoms with Crippen LogP contribution in [0.5, 0.6) is 5.75 Å². The van der Waals surface area contributed by atoms with Crippen LogP contribution in [0.25, 0.3) is 11.3 Å². The van der Waals surface area contributed by atoms with Crippen LogP contribution in [0.1, 0.15) is 9.80 Å². The van der Waals surface area contributed by atoms with E-state index in [9.17, 15) is 9.90 Å². The predicted octanol–water partition coefficient (Wildman–Crippen LogP) is 2.21. The molecule has 0 atom stereocenters. The van der Waals surface area contributed by atoms with Crippen LogP contribution in [0, 0.1) is 0 Å². The summed E-state index contributed by atoms with van der Waals surface area (Å²) in [4.78, 5) is 14.5. The van der Waals surface area contributed by atoms with E-state index >= 15 is 0 Å². The molecule has 2 rings (SSSR count). The fourth-order valence-corrected chi connectivity index (χ4v) is 1.83. The topological polar surface area (TPSA) is 70.4 Å². The number of aromatic nitrogens is 1. The Balaban J connectivity index is 2.41. The maximum absolute atomic E-state index is 10.6. The molecule has 4 nitrogen and oxygen atoms in total. The first-order chi connectivity index (χ1) is 7.16.